The molecule has 5 heteroatoms. The smallest absolute Gasteiger partial charge is 0.299 e. The lowest BCUT2D eigenvalue weighted by atomic mass is 10.3. The highest BCUT2D eigenvalue weighted by atomic mass is 32.1. The lowest BCUT2D eigenvalue weighted by molar-refractivity contribution is -0.380. The summed E-state index contributed by atoms with van der Waals surface area (Å²) in [6.07, 6.45) is 5.17. The summed E-state index contributed by atoms with van der Waals surface area (Å²) < 4.78 is 0. The molecule has 0 saturated heterocycles. The van der Waals surface area contributed by atoms with Crippen molar-refractivity contribution in [1.82, 2.24) is 5.32 Å². The standard InChI is InChI=1S/C9H10N2O2S/c1-3-7(2)10-6-8-4-5-9(14-8)11(12)13/h1,4-5,7,10H,6H2,2H3. The molecule has 1 aromatic rings. The number of rotatable bonds is 4. The van der Waals surface area contributed by atoms with Gasteiger partial charge in [0.05, 0.1) is 11.0 Å². The molecule has 1 atom stereocenters. The normalized spacial score (nSPS) is 12.0. The van der Waals surface area contributed by atoms with E-state index in [1.54, 1.807) is 6.07 Å². The van der Waals surface area contributed by atoms with E-state index >= 15 is 0 Å². The summed E-state index contributed by atoms with van der Waals surface area (Å²) in [4.78, 5) is 10.9. The summed E-state index contributed by atoms with van der Waals surface area (Å²) in [5, 5.41) is 13.6. The Bertz CT molecular complexity index is 367. The van der Waals surface area contributed by atoms with Crippen LogP contribution in [0.4, 0.5) is 5.00 Å². The summed E-state index contributed by atoms with van der Waals surface area (Å²) >= 11 is 1.16. The van der Waals surface area contributed by atoms with Crippen molar-refractivity contribution in [3.05, 3.63) is 27.1 Å². The molecule has 1 rings (SSSR count). The van der Waals surface area contributed by atoms with Crippen LogP contribution in [0.15, 0.2) is 12.1 Å². The van der Waals surface area contributed by atoms with Crippen molar-refractivity contribution >= 4 is 16.3 Å². The Balaban J connectivity index is 2.53. The Morgan fingerprint density at radius 2 is 2.50 bits per heavy atom. The van der Waals surface area contributed by atoms with Gasteiger partial charge in [0.1, 0.15) is 0 Å². The summed E-state index contributed by atoms with van der Waals surface area (Å²) in [5.74, 6) is 2.52. The van der Waals surface area contributed by atoms with Gasteiger partial charge in [-0.05, 0) is 13.0 Å². The molecule has 0 bridgehead atoms. The predicted molar refractivity (Wildman–Crippen MR) is 56.1 cm³/mol. The minimum Gasteiger partial charge on any atom is -0.299 e. The van der Waals surface area contributed by atoms with E-state index in [-0.39, 0.29) is 11.0 Å². The number of nitro groups is 1. The molecule has 0 spiro atoms. The van der Waals surface area contributed by atoms with Crippen LogP contribution >= 0.6 is 11.3 Å². The van der Waals surface area contributed by atoms with Gasteiger partial charge in [0.15, 0.2) is 0 Å². The van der Waals surface area contributed by atoms with E-state index in [1.165, 1.54) is 6.07 Å². The number of nitrogens with one attached hydrogen (secondary N) is 1. The van der Waals surface area contributed by atoms with Crippen LogP contribution < -0.4 is 5.32 Å². The Hall–Kier alpha value is -1.38. The molecular formula is C9H10N2O2S. The topological polar surface area (TPSA) is 55.2 Å². The van der Waals surface area contributed by atoms with Crippen LogP contribution in [0.2, 0.25) is 0 Å². The number of terminal acetylenes is 1. The third kappa shape index (κ3) is 2.83. The van der Waals surface area contributed by atoms with Gasteiger partial charge in [0, 0.05) is 17.5 Å². The molecule has 0 aliphatic rings. The van der Waals surface area contributed by atoms with Crippen LogP contribution in [-0.4, -0.2) is 11.0 Å². The van der Waals surface area contributed by atoms with E-state index in [4.69, 9.17) is 6.42 Å². The van der Waals surface area contributed by atoms with Crippen LogP contribution in [0.1, 0.15) is 11.8 Å². The van der Waals surface area contributed by atoms with E-state index in [0.717, 1.165) is 16.2 Å². The van der Waals surface area contributed by atoms with Crippen molar-refractivity contribution < 1.29 is 4.92 Å². The molecule has 1 unspecified atom stereocenters. The first-order chi connectivity index (χ1) is 6.63. The van der Waals surface area contributed by atoms with Gasteiger partial charge in [0.25, 0.3) is 0 Å². The summed E-state index contributed by atoms with van der Waals surface area (Å²) in [6, 6.07) is 3.22. The van der Waals surface area contributed by atoms with Gasteiger partial charge >= 0.3 is 5.00 Å². The van der Waals surface area contributed by atoms with Gasteiger partial charge in [-0.1, -0.05) is 17.3 Å². The zero-order chi connectivity index (χ0) is 10.6. The van der Waals surface area contributed by atoms with Crippen molar-refractivity contribution in [2.45, 2.75) is 19.5 Å². The Morgan fingerprint density at radius 3 is 3.00 bits per heavy atom. The molecule has 1 heterocycles. The molecule has 0 saturated carbocycles. The van der Waals surface area contributed by atoms with Gasteiger partial charge < -0.3 is 0 Å². The van der Waals surface area contributed by atoms with E-state index in [0.29, 0.717) is 6.54 Å². The molecule has 4 nitrogen and oxygen atoms in total. The number of nitrogens with zero attached hydrogens (tertiary/aromatic N) is 1. The van der Waals surface area contributed by atoms with Crippen LogP contribution in [0.25, 0.3) is 0 Å². The molecule has 0 radical (unpaired) electrons. The Labute approximate surface area is 86.1 Å². The molecule has 74 valence electrons. The van der Waals surface area contributed by atoms with Crippen molar-refractivity contribution in [2.24, 2.45) is 0 Å². The fourth-order valence-corrected chi connectivity index (χ4v) is 1.64. The highest BCUT2D eigenvalue weighted by molar-refractivity contribution is 7.15. The lowest BCUT2D eigenvalue weighted by Crippen LogP contribution is -2.22. The molecular weight excluding hydrogens is 200 g/mol. The Kier molecular flexibility index (Phi) is 3.63. The molecule has 14 heavy (non-hydrogen) atoms. The van der Waals surface area contributed by atoms with Crippen molar-refractivity contribution in [1.29, 1.82) is 0 Å². The van der Waals surface area contributed by atoms with Gasteiger partial charge in [-0.25, -0.2) is 0 Å². The second-order valence-electron chi connectivity index (χ2n) is 2.77. The highest BCUT2D eigenvalue weighted by Gasteiger charge is 2.09. The van der Waals surface area contributed by atoms with Gasteiger partial charge in [0.2, 0.25) is 0 Å². The van der Waals surface area contributed by atoms with Crippen molar-refractivity contribution in [3.63, 3.8) is 0 Å². The summed E-state index contributed by atoms with van der Waals surface area (Å²) in [5.41, 5.74) is 0. The van der Waals surface area contributed by atoms with Crippen molar-refractivity contribution in [2.75, 3.05) is 0 Å². The number of thiophene rings is 1. The third-order valence-electron chi connectivity index (χ3n) is 1.66. The summed E-state index contributed by atoms with van der Waals surface area (Å²) in [7, 11) is 0. The SMILES string of the molecule is C#CC(C)NCc1ccc([N+](=O)[O-])s1. The number of hydrogen-bond donors (Lipinski definition) is 1. The highest BCUT2D eigenvalue weighted by Crippen LogP contribution is 2.23. The average Bonchev–Trinajstić information content (AvgIpc) is 2.62. The maximum absolute atomic E-state index is 10.4. The largest absolute Gasteiger partial charge is 0.324 e. The fourth-order valence-electron chi connectivity index (χ4n) is 0.872. The molecule has 1 N–H and O–H groups in total. The minimum absolute atomic E-state index is 0.0174. The van der Waals surface area contributed by atoms with Crippen molar-refractivity contribution in [3.8, 4) is 12.3 Å². The first-order valence-electron chi connectivity index (χ1n) is 4.06. The van der Waals surface area contributed by atoms with E-state index in [2.05, 4.69) is 11.2 Å². The first kappa shape index (κ1) is 10.7. The molecule has 0 aromatic carbocycles. The van der Waals surface area contributed by atoms with Crippen LogP contribution in [0, 0.1) is 22.5 Å². The first-order valence-corrected chi connectivity index (χ1v) is 4.87. The van der Waals surface area contributed by atoms with E-state index in [9.17, 15) is 10.1 Å². The van der Waals surface area contributed by atoms with E-state index in [1.807, 2.05) is 6.92 Å². The molecule has 0 fully saturated rings. The quantitative estimate of drug-likeness (QED) is 0.468. The van der Waals surface area contributed by atoms with Gasteiger partial charge in [-0.15, -0.1) is 6.42 Å². The van der Waals surface area contributed by atoms with E-state index < -0.39 is 4.92 Å². The average molecular weight is 210 g/mol. The lowest BCUT2D eigenvalue weighted by Gasteiger charge is -2.04. The minimum atomic E-state index is -0.390. The molecule has 0 amide bonds. The number of hydrogen-bond acceptors (Lipinski definition) is 4. The van der Waals surface area contributed by atoms with Crippen LogP contribution in [0.5, 0.6) is 0 Å². The van der Waals surface area contributed by atoms with Crippen LogP contribution in [0.3, 0.4) is 0 Å². The second-order valence-corrected chi connectivity index (χ2v) is 3.91. The molecule has 1 aromatic heterocycles. The maximum atomic E-state index is 10.4. The predicted octanol–water partition coefficient (Wildman–Crippen LogP) is 1.77. The zero-order valence-corrected chi connectivity index (χ0v) is 8.50. The summed E-state index contributed by atoms with van der Waals surface area (Å²) in [6.45, 7) is 2.44. The van der Waals surface area contributed by atoms with Gasteiger partial charge in [-0.2, -0.15) is 0 Å². The third-order valence-corrected chi connectivity index (χ3v) is 2.70. The monoisotopic (exact) mass is 210 g/mol. The van der Waals surface area contributed by atoms with Crippen LogP contribution in [-0.2, 0) is 6.54 Å². The second kappa shape index (κ2) is 4.74. The molecule has 0 aliphatic carbocycles. The zero-order valence-electron chi connectivity index (χ0n) is 7.69. The molecule has 0 aliphatic heterocycles. The maximum Gasteiger partial charge on any atom is 0.324 e. The van der Waals surface area contributed by atoms with Gasteiger partial charge in [-0.3, -0.25) is 15.4 Å². The Morgan fingerprint density at radius 1 is 1.79 bits per heavy atom. The fraction of sp³-hybridized carbons (Fsp3) is 0.333.